The van der Waals surface area contributed by atoms with E-state index in [-0.39, 0.29) is 0 Å². The van der Waals surface area contributed by atoms with Crippen LogP contribution in [0.4, 0.5) is 0 Å². The van der Waals surface area contributed by atoms with Crippen molar-refractivity contribution in [3.05, 3.63) is 0 Å². The van der Waals surface area contributed by atoms with Gasteiger partial charge in [0.05, 0.1) is 13.3 Å². The van der Waals surface area contributed by atoms with Crippen LogP contribution in [0.3, 0.4) is 0 Å². The van der Waals surface area contributed by atoms with Crippen LogP contribution in [-0.2, 0) is 0 Å². The third kappa shape index (κ3) is 3.18. The highest BCUT2D eigenvalue weighted by Gasteiger charge is 2.09. The average Bonchev–Trinajstić information content (AvgIpc) is 1.83. The van der Waals surface area contributed by atoms with Crippen LogP contribution in [0.15, 0.2) is 0 Å². The lowest BCUT2D eigenvalue weighted by molar-refractivity contribution is 0.0910. The summed E-state index contributed by atoms with van der Waals surface area (Å²) in [5, 5.41) is 0. The Kier molecular flexibility index (Phi) is 3.30. The second-order valence-corrected chi connectivity index (χ2v) is 3.65. The quantitative estimate of drug-likeness (QED) is 0.494. The molecule has 66 valence electrons. The van der Waals surface area contributed by atoms with Crippen molar-refractivity contribution in [2.75, 3.05) is 47.6 Å². The number of nitrogens with zero attached hydrogens (tertiary/aromatic N) is 3. The molecule has 0 amide bonds. The lowest BCUT2D eigenvalue weighted by atomic mass is 10.3. The molecule has 0 spiro atoms. The van der Waals surface area contributed by atoms with Gasteiger partial charge in [0.25, 0.3) is 0 Å². The predicted octanol–water partition coefficient (Wildman–Crippen LogP) is 0.100. The number of rotatable bonds is 0. The van der Waals surface area contributed by atoms with E-state index in [2.05, 4.69) is 35.8 Å². The van der Waals surface area contributed by atoms with Gasteiger partial charge in [-0.25, -0.2) is 0 Å². The summed E-state index contributed by atoms with van der Waals surface area (Å²) in [4.78, 5) is 7.07. The fraction of sp³-hybridized carbons (Fsp3) is 1.00. The van der Waals surface area contributed by atoms with Gasteiger partial charge in [-0.2, -0.15) is 0 Å². The van der Waals surface area contributed by atoms with Gasteiger partial charge in [0, 0.05) is 13.1 Å². The molecule has 0 aromatic rings. The minimum absolute atomic E-state index is 1.09. The van der Waals surface area contributed by atoms with Crippen molar-refractivity contribution in [1.82, 2.24) is 14.7 Å². The Hall–Kier alpha value is -0.120. The fourth-order valence-corrected chi connectivity index (χ4v) is 1.62. The van der Waals surface area contributed by atoms with Crippen LogP contribution >= 0.6 is 0 Å². The van der Waals surface area contributed by atoms with Gasteiger partial charge in [-0.3, -0.25) is 14.7 Å². The summed E-state index contributed by atoms with van der Waals surface area (Å²) < 4.78 is 0. The SMILES string of the molecule is CN1CCCN(C)CN(C)C1. The zero-order valence-electron chi connectivity index (χ0n) is 7.88. The first-order valence-electron chi connectivity index (χ1n) is 4.24. The highest BCUT2D eigenvalue weighted by molar-refractivity contribution is 4.60. The second-order valence-electron chi connectivity index (χ2n) is 3.65. The Balaban J connectivity index is 2.34. The van der Waals surface area contributed by atoms with E-state index in [4.69, 9.17) is 0 Å². The summed E-state index contributed by atoms with van der Waals surface area (Å²) in [6, 6.07) is 0. The molecular weight excluding hydrogens is 138 g/mol. The fourth-order valence-electron chi connectivity index (χ4n) is 1.62. The molecule has 1 aliphatic rings. The first-order chi connectivity index (χ1) is 5.18. The standard InChI is InChI=1S/C8H19N3/c1-9-5-4-6-10(2)8-11(3)7-9/h4-8H2,1-3H3. The molecule has 0 unspecified atom stereocenters. The van der Waals surface area contributed by atoms with Gasteiger partial charge in [0.1, 0.15) is 0 Å². The minimum Gasteiger partial charge on any atom is -0.293 e. The molecule has 1 fully saturated rings. The zero-order chi connectivity index (χ0) is 8.27. The zero-order valence-corrected chi connectivity index (χ0v) is 7.88. The van der Waals surface area contributed by atoms with Gasteiger partial charge in [0.15, 0.2) is 0 Å². The average molecular weight is 157 g/mol. The topological polar surface area (TPSA) is 9.72 Å². The monoisotopic (exact) mass is 157 g/mol. The van der Waals surface area contributed by atoms with Gasteiger partial charge in [-0.05, 0) is 27.6 Å². The summed E-state index contributed by atoms with van der Waals surface area (Å²) in [6.07, 6.45) is 1.29. The van der Waals surface area contributed by atoms with Crippen LogP contribution in [0.5, 0.6) is 0 Å². The minimum atomic E-state index is 1.09. The van der Waals surface area contributed by atoms with E-state index in [0.717, 1.165) is 13.3 Å². The first kappa shape index (κ1) is 8.97. The Morgan fingerprint density at radius 3 is 1.64 bits per heavy atom. The van der Waals surface area contributed by atoms with Gasteiger partial charge in [-0.1, -0.05) is 0 Å². The summed E-state index contributed by atoms with van der Waals surface area (Å²) in [6.45, 7) is 4.61. The van der Waals surface area contributed by atoms with E-state index in [1.807, 2.05) is 0 Å². The Morgan fingerprint density at radius 2 is 1.18 bits per heavy atom. The molecule has 0 aromatic heterocycles. The Morgan fingerprint density at radius 1 is 0.727 bits per heavy atom. The molecule has 0 saturated carbocycles. The lowest BCUT2D eigenvalue weighted by Crippen LogP contribution is -2.43. The van der Waals surface area contributed by atoms with Crippen LogP contribution in [0.2, 0.25) is 0 Å². The summed E-state index contributed by atoms with van der Waals surface area (Å²) in [5.41, 5.74) is 0. The van der Waals surface area contributed by atoms with Crippen molar-refractivity contribution in [2.24, 2.45) is 0 Å². The summed E-state index contributed by atoms with van der Waals surface area (Å²) in [7, 11) is 6.53. The molecule has 1 rings (SSSR count). The first-order valence-corrected chi connectivity index (χ1v) is 4.24. The van der Waals surface area contributed by atoms with Gasteiger partial charge in [0.2, 0.25) is 0 Å². The van der Waals surface area contributed by atoms with Crippen LogP contribution in [0.25, 0.3) is 0 Å². The normalized spacial score (nSPS) is 26.5. The summed E-state index contributed by atoms with van der Waals surface area (Å²) >= 11 is 0. The molecule has 0 N–H and O–H groups in total. The molecule has 3 nitrogen and oxygen atoms in total. The molecule has 0 aromatic carbocycles. The van der Waals surface area contributed by atoms with Crippen LogP contribution in [-0.4, -0.2) is 62.3 Å². The van der Waals surface area contributed by atoms with Crippen molar-refractivity contribution in [1.29, 1.82) is 0 Å². The molecule has 0 atom stereocenters. The molecule has 0 bridgehead atoms. The third-order valence-electron chi connectivity index (χ3n) is 2.05. The van der Waals surface area contributed by atoms with E-state index in [9.17, 15) is 0 Å². The maximum absolute atomic E-state index is 2.37. The van der Waals surface area contributed by atoms with Crippen LogP contribution < -0.4 is 0 Å². The maximum atomic E-state index is 2.37. The lowest BCUT2D eigenvalue weighted by Gasteiger charge is -2.31. The summed E-state index contributed by atoms with van der Waals surface area (Å²) in [5.74, 6) is 0. The molecular formula is C8H19N3. The van der Waals surface area contributed by atoms with Crippen molar-refractivity contribution < 1.29 is 0 Å². The van der Waals surface area contributed by atoms with E-state index in [1.165, 1.54) is 19.5 Å². The second kappa shape index (κ2) is 4.04. The van der Waals surface area contributed by atoms with E-state index >= 15 is 0 Å². The third-order valence-corrected chi connectivity index (χ3v) is 2.05. The number of hydrogen-bond acceptors (Lipinski definition) is 3. The molecule has 11 heavy (non-hydrogen) atoms. The van der Waals surface area contributed by atoms with Crippen molar-refractivity contribution in [3.63, 3.8) is 0 Å². The molecule has 1 heterocycles. The Labute approximate surface area is 69.6 Å². The Bertz CT molecular complexity index is 104. The van der Waals surface area contributed by atoms with Crippen molar-refractivity contribution in [3.8, 4) is 0 Å². The predicted molar refractivity (Wildman–Crippen MR) is 47.4 cm³/mol. The molecule has 0 radical (unpaired) electrons. The largest absolute Gasteiger partial charge is 0.293 e. The van der Waals surface area contributed by atoms with Gasteiger partial charge < -0.3 is 0 Å². The van der Waals surface area contributed by atoms with Crippen LogP contribution in [0.1, 0.15) is 6.42 Å². The van der Waals surface area contributed by atoms with Gasteiger partial charge in [-0.15, -0.1) is 0 Å². The molecule has 1 saturated heterocycles. The highest BCUT2D eigenvalue weighted by atomic mass is 15.4. The van der Waals surface area contributed by atoms with E-state index in [1.54, 1.807) is 0 Å². The molecule has 0 aliphatic carbocycles. The highest BCUT2D eigenvalue weighted by Crippen LogP contribution is 1.98. The van der Waals surface area contributed by atoms with Crippen molar-refractivity contribution in [2.45, 2.75) is 6.42 Å². The van der Waals surface area contributed by atoms with E-state index < -0.39 is 0 Å². The van der Waals surface area contributed by atoms with Crippen molar-refractivity contribution >= 4 is 0 Å². The molecule has 3 heteroatoms. The smallest absolute Gasteiger partial charge is 0.0512 e. The van der Waals surface area contributed by atoms with E-state index in [0.29, 0.717) is 0 Å². The molecule has 1 aliphatic heterocycles. The number of hydrogen-bond donors (Lipinski definition) is 0. The maximum Gasteiger partial charge on any atom is 0.0512 e. The van der Waals surface area contributed by atoms with Crippen LogP contribution in [0, 0.1) is 0 Å². The van der Waals surface area contributed by atoms with Gasteiger partial charge >= 0.3 is 0 Å².